The van der Waals surface area contributed by atoms with E-state index in [1.54, 1.807) is 0 Å². The summed E-state index contributed by atoms with van der Waals surface area (Å²) in [5, 5.41) is 0. The van der Waals surface area contributed by atoms with E-state index in [0.29, 0.717) is 6.79 Å². The van der Waals surface area contributed by atoms with Gasteiger partial charge in [0.2, 0.25) is 0 Å². The van der Waals surface area contributed by atoms with E-state index in [1.165, 1.54) is 25.7 Å². The van der Waals surface area contributed by atoms with E-state index in [-0.39, 0.29) is 47.0 Å². The molecule has 0 radical (unpaired) electrons. The van der Waals surface area contributed by atoms with Gasteiger partial charge in [0.1, 0.15) is 6.79 Å². The molecule has 0 aliphatic carbocycles. The zero-order valence-electron chi connectivity index (χ0n) is 12.4. The van der Waals surface area contributed by atoms with Gasteiger partial charge in [0.25, 0.3) is 0 Å². The Hall–Kier alpha value is 1.42. The molecule has 0 saturated heterocycles. The molecular weight excluding hydrogens is 351 g/mol. The van der Waals surface area contributed by atoms with Crippen molar-refractivity contribution in [2.45, 2.75) is 59.3 Å². The van der Waals surface area contributed by atoms with E-state index in [2.05, 4.69) is 27.2 Å². The maximum absolute atomic E-state index is 5.41. The van der Waals surface area contributed by atoms with Crippen LogP contribution in [0.2, 0.25) is 0 Å². The Morgan fingerprint density at radius 3 is 2.22 bits per heavy atom. The minimum Gasteiger partial charge on any atom is -1.00 e. The fourth-order valence-electron chi connectivity index (χ4n) is 1.68. The summed E-state index contributed by atoms with van der Waals surface area (Å²) in [5.41, 5.74) is 0. The van der Waals surface area contributed by atoms with Crippen LogP contribution in [0.4, 0.5) is 0 Å². The van der Waals surface area contributed by atoms with Crippen molar-refractivity contribution >= 4 is 23.1 Å². The van der Waals surface area contributed by atoms with Crippen molar-refractivity contribution in [2.75, 3.05) is 20.0 Å². The van der Waals surface area contributed by atoms with Gasteiger partial charge in [0, 0.05) is 13.2 Å². The summed E-state index contributed by atoms with van der Waals surface area (Å²) in [6.07, 6.45) is 9.51. The van der Waals surface area contributed by atoms with Crippen LogP contribution in [0.1, 0.15) is 59.3 Å². The summed E-state index contributed by atoms with van der Waals surface area (Å²) in [6.45, 7) is 8.76. The summed E-state index contributed by atoms with van der Waals surface area (Å²) < 4.78 is 10.8. The van der Waals surface area contributed by atoms with Gasteiger partial charge >= 0.3 is 23.1 Å². The molecule has 106 valence electrons. The average molecular weight is 381 g/mol. The summed E-state index contributed by atoms with van der Waals surface area (Å²) in [6, 6.07) is 0. The van der Waals surface area contributed by atoms with Crippen LogP contribution in [0.3, 0.4) is 0 Å². The van der Waals surface area contributed by atoms with Crippen molar-refractivity contribution in [3.05, 3.63) is 6.42 Å². The van der Waals surface area contributed by atoms with Gasteiger partial charge < -0.3 is 39.9 Å². The van der Waals surface area contributed by atoms with E-state index in [4.69, 9.17) is 9.47 Å². The predicted molar refractivity (Wildman–Crippen MR) is 75.0 cm³/mol. The molecule has 1 unspecified atom stereocenters. The molecule has 0 aromatic heterocycles. The van der Waals surface area contributed by atoms with Gasteiger partial charge in [0.15, 0.2) is 0 Å². The van der Waals surface area contributed by atoms with E-state index >= 15 is 0 Å². The summed E-state index contributed by atoms with van der Waals surface area (Å²) in [7, 11) is 0. The fourth-order valence-corrected chi connectivity index (χ4v) is 1.68. The van der Waals surface area contributed by atoms with Gasteiger partial charge in [-0.15, -0.1) is 0 Å². The molecule has 18 heavy (non-hydrogen) atoms. The Labute approximate surface area is 147 Å². The summed E-state index contributed by atoms with van der Waals surface area (Å²) in [5.74, 6) is 0.791. The predicted octanol–water partition coefficient (Wildman–Crippen LogP) is 0.821. The van der Waals surface area contributed by atoms with Gasteiger partial charge in [-0.1, -0.05) is 39.0 Å². The molecule has 1 atom stereocenters. The number of unbranched alkanes of at least 4 members (excludes halogenated alkanes) is 2. The van der Waals surface area contributed by atoms with Crippen LogP contribution < -0.4 is 24.0 Å². The number of hydrogen-bond acceptors (Lipinski definition) is 2. The molecule has 4 heteroatoms. The van der Waals surface area contributed by atoms with Crippen LogP contribution in [0.25, 0.3) is 0 Å². The second-order valence-electron chi connectivity index (χ2n) is 4.53. The van der Waals surface area contributed by atoms with E-state index in [1.807, 2.05) is 0 Å². The average Bonchev–Trinajstić information content (AvgIpc) is 2.27. The van der Waals surface area contributed by atoms with Crippen LogP contribution in [0, 0.1) is 12.3 Å². The zero-order valence-corrected chi connectivity index (χ0v) is 16.0. The van der Waals surface area contributed by atoms with Crippen LogP contribution in [0.15, 0.2) is 0 Å². The molecule has 0 aliphatic rings. The van der Waals surface area contributed by atoms with Crippen molar-refractivity contribution in [3.8, 4) is 0 Å². The number of halogens is 1. The molecule has 2 nitrogen and oxygen atoms in total. The monoisotopic (exact) mass is 380 g/mol. The van der Waals surface area contributed by atoms with Crippen molar-refractivity contribution < 1.29 is 33.5 Å². The third-order valence-corrected chi connectivity index (χ3v) is 2.68. The number of hydrogen-bond donors (Lipinski definition) is 0. The van der Waals surface area contributed by atoms with E-state index < -0.39 is 0 Å². The van der Waals surface area contributed by atoms with Crippen LogP contribution >= 0.6 is 0 Å². The van der Waals surface area contributed by atoms with Crippen molar-refractivity contribution in [3.63, 3.8) is 0 Å². The normalized spacial score (nSPS) is 11.5. The molecule has 0 bridgehead atoms. The summed E-state index contributed by atoms with van der Waals surface area (Å²) >= 11 is 0. The van der Waals surface area contributed by atoms with Gasteiger partial charge in [0.05, 0.1) is 0 Å². The maximum atomic E-state index is 5.41. The first kappa shape index (κ1) is 24.4. The quantitative estimate of drug-likeness (QED) is 0.164. The Bertz CT molecular complexity index is 137. The molecule has 0 spiro atoms. The molecule has 0 saturated carbocycles. The number of ether oxygens (including phenoxy) is 2. The number of rotatable bonds is 12. The van der Waals surface area contributed by atoms with Gasteiger partial charge in [-0.05, 0) is 12.8 Å². The van der Waals surface area contributed by atoms with Crippen LogP contribution in [-0.2, 0) is 9.47 Å². The first-order chi connectivity index (χ1) is 7.81. The molecule has 0 N–H and O–H groups in total. The molecular formula is C14H29IMgO2. The first-order valence-corrected chi connectivity index (χ1v) is 6.74. The molecule has 0 fully saturated rings. The third-order valence-electron chi connectivity index (χ3n) is 2.68. The Balaban J connectivity index is -0.00000112. The standard InChI is InChI=1S/C14H29O2.HI.Mg/c1-4-6-7-11-15-13-16-12-8-10-14(3)9-5-2;;/h5,14H,4,6-13H2,1-3H3;1H;/q-1;;+2/p-1. The van der Waals surface area contributed by atoms with Crippen molar-refractivity contribution in [1.82, 2.24) is 0 Å². The fraction of sp³-hybridized carbons (Fsp3) is 0.929. The molecule has 0 heterocycles. The first-order valence-electron chi connectivity index (χ1n) is 6.74. The Morgan fingerprint density at radius 2 is 1.67 bits per heavy atom. The second-order valence-corrected chi connectivity index (χ2v) is 4.53. The minimum absolute atomic E-state index is 0. The van der Waals surface area contributed by atoms with Crippen molar-refractivity contribution in [1.29, 1.82) is 0 Å². The minimum atomic E-state index is 0. The summed E-state index contributed by atoms with van der Waals surface area (Å²) in [4.78, 5) is 0. The van der Waals surface area contributed by atoms with E-state index in [9.17, 15) is 0 Å². The Kier molecular flexibility index (Phi) is 28.1. The second kappa shape index (κ2) is 20.7. The largest absolute Gasteiger partial charge is 2.00 e. The molecule has 0 aromatic rings. The maximum Gasteiger partial charge on any atom is 2.00 e. The third kappa shape index (κ3) is 19.7. The molecule has 0 aliphatic heterocycles. The topological polar surface area (TPSA) is 18.5 Å². The zero-order chi connectivity index (χ0) is 12.1. The molecule has 0 amide bonds. The van der Waals surface area contributed by atoms with Gasteiger partial charge in [-0.25, -0.2) is 0 Å². The van der Waals surface area contributed by atoms with Gasteiger partial charge in [-0.3, -0.25) is 0 Å². The van der Waals surface area contributed by atoms with Crippen molar-refractivity contribution in [2.24, 2.45) is 5.92 Å². The van der Waals surface area contributed by atoms with E-state index in [0.717, 1.165) is 32.0 Å². The molecule has 0 rings (SSSR count). The smallest absolute Gasteiger partial charge is 1.00 e. The van der Waals surface area contributed by atoms with Crippen LogP contribution in [-0.4, -0.2) is 43.1 Å². The SMILES string of the molecule is C[CH-]CC(C)CCCOCOCCCCC.[I-].[Mg+2]. The van der Waals surface area contributed by atoms with Crippen LogP contribution in [0.5, 0.6) is 0 Å². The molecule has 0 aromatic carbocycles. The van der Waals surface area contributed by atoms with Gasteiger partial charge in [-0.2, -0.15) is 13.3 Å². The Morgan fingerprint density at radius 1 is 1.06 bits per heavy atom.